The second-order valence-electron chi connectivity index (χ2n) is 7.63. The number of carbonyl (C=O) groups is 1. The van der Waals surface area contributed by atoms with Crippen LogP contribution < -0.4 is 15.8 Å². The van der Waals surface area contributed by atoms with Crippen molar-refractivity contribution in [2.75, 3.05) is 13.1 Å². The number of hydrogen-bond donors (Lipinski definition) is 3. The number of hydrogen-bond acceptors (Lipinski definition) is 5. The van der Waals surface area contributed by atoms with Crippen LogP contribution >= 0.6 is 47.8 Å². The smallest absolute Gasteiger partial charge is 0.407 e. The van der Waals surface area contributed by atoms with Crippen LogP contribution in [-0.4, -0.2) is 29.9 Å². The molecule has 2 rings (SSSR count). The van der Waals surface area contributed by atoms with Crippen LogP contribution in [0, 0.1) is 0 Å². The van der Waals surface area contributed by atoms with Gasteiger partial charge >= 0.3 is 6.09 Å². The van der Waals surface area contributed by atoms with Crippen molar-refractivity contribution in [3.63, 3.8) is 0 Å². The minimum Gasteiger partial charge on any atom is -0.503 e. The molecule has 0 atom stereocenters. The quantitative estimate of drug-likeness (QED) is 0.356. The highest BCUT2D eigenvalue weighted by molar-refractivity contribution is 9.11. The number of nitrogens with one attached hydrogen (secondary N) is 1. The van der Waals surface area contributed by atoms with Crippen molar-refractivity contribution in [2.45, 2.75) is 39.2 Å². The van der Waals surface area contributed by atoms with Crippen molar-refractivity contribution >= 4 is 53.9 Å². The summed E-state index contributed by atoms with van der Waals surface area (Å²) >= 11 is 10.4. The Morgan fingerprint density at radius 1 is 1.03 bits per heavy atom. The molecule has 0 aliphatic carbocycles. The highest BCUT2D eigenvalue weighted by Gasteiger charge is 2.17. The average molecular weight is 609 g/mol. The van der Waals surface area contributed by atoms with Crippen molar-refractivity contribution in [1.29, 1.82) is 0 Å². The molecule has 6 nitrogen and oxygen atoms in total. The van der Waals surface area contributed by atoms with Crippen molar-refractivity contribution in [3.05, 3.63) is 48.8 Å². The van der Waals surface area contributed by atoms with Gasteiger partial charge in [-0.25, -0.2) is 4.79 Å². The first kappa shape index (κ1) is 25.0. The molecule has 0 saturated carbocycles. The van der Waals surface area contributed by atoms with E-state index in [0.717, 1.165) is 11.1 Å². The van der Waals surface area contributed by atoms with E-state index < -0.39 is 11.7 Å². The van der Waals surface area contributed by atoms with Gasteiger partial charge in [-0.15, -0.1) is 0 Å². The second-order valence-corrected chi connectivity index (χ2v) is 10.2. The summed E-state index contributed by atoms with van der Waals surface area (Å²) in [7, 11) is 0. The molecule has 0 spiro atoms. The fourth-order valence-electron chi connectivity index (χ4n) is 2.60. The van der Waals surface area contributed by atoms with Crippen LogP contribution in [0.15, 0.2) is 37.7 Å². The topological polar surface area (TPSA) is 93.8 Å². The predicted molar refractivity (Wildman–Crippen MR) is 128 cm³/mol. The third-order valence-electron chi connectivity index (χ3n) is 3.87. The zero-order valence-corrected chi connectivity index (χ0v) is 21.8. The molecule has 0 radical (unpaired) electrons. The molecule has 164 valence electrons. The van der Waals surface area contributed by atoms with Crippen LogP contribution in [0.2, 0.25) is 0 Å². The number of benzene rings is 2. The molecular formula is C21H25Br3N2O4. The van der Waals surface area contributed by atoms with Crippen molar-refractivity contribution in [2.24, 2.45) is 5.73 Å². The molecule has 0 aromatic heterocycles. The number of ether oxygens (including phenoxy) is 2. The molecule has 4 N–H and O–H groups in total. The van der Waals surface area contributed by atoms with Crippen LogP contribution in [0.1, 0.15) is 31.9 Å². The largest absolute Gasteiger partial charge is 0.503 e. The van der Waals surface area contributed by atoms with E-state index in [0.29, 0.717) is 50.8 Å². The number of aromatic hydroxyl groups is 1. The number of phenolic OH excluding ortho intramolecular Hbond substituents is 1. The Kier molecular flexibility index (Phi) is 9.02. The normalized spacial score (nSPS) is 11.3. The number of phenols is 1. The van der Waals surface area contributed by atoms with Gasteiger partial charge in [0.25, 0.3) is 0 Å². The summed E-state index contributed by atoms with van der Waals surface area (Å²) < 4.78 is 13.2. The minimum absolute atomic E-state index is 0.0141. The summed E-state index contributed by atoms with van der Waals surface area (Å²) in [6, 6.07) is 7.41. The Bertz CT molecular complexity index is 891. The third-order valence-corrected chi connectivity index (χ3v) is 5.66. The number of amides is 1. The van der Waals surface area contributed by atoms with E-state index in [9.17, 15) is 9.90 Å². The molecule has 30 heavy (non-hydrogen) atoms. The van der Waals surface area contributed by atoms with Crippen molar-refractivity contribution in [3.8, 4) is 17.2 Å². The number of rotatable bonds is 7. The zero-order valence-electron chi connectivity index (χ0n) is 17.0. The molecule has 0 saturated heterocycles. The fourth-order valence-corrected chi connectivity index (χ4v) is 4.54. The lowest BCUT2D eigenvalue weighted by atomic mass is 10.1. The molecule has 2 aromatic rings. The second kappa shape index (κ2) is 10.8. The maximum Gasteiger partial charge on any atom is 0.407 e. The minimum atomic E-state index is -0.531. The van der Waals surface area contributed by atoms with Gasteiger partial charge in [-0.05, 0) is 123 Å². The van der Waals surface area contributed by atoms with E-state index in [2.05, 4.69) is 53.1 Å². The van der Waals surface area contributed by atoms with E-state index in [4.69, 9.17) is 15.2 Å². The Morgan fingerprint density at radius 3 is 2.17 bits per heavy atom. The molecule has 9 heteroatoms. The van der Waals surface area contributed by atoms with Crippen LogP contribution in [0.5, 0.6) is 17.2 Å². The summed E-state index contributed by atoms with van der Waals surface area (Å²) in [6.45, 7) is 6.39. The van der Waals surface area contributed by atoms with E-state index in [1.807, 2.05) is 39.0 Å². The average Bonchev–Trinajstić information content (AvgIpc) is 2.60. The third kappa shape index (κ3) is 7.44. The summed E-state index contributed by atoms with van der Waals surface area (Å²) in [5, 5.41) is 13.1. The van der Waals surface area contributed by atoms with E-state index >= 15 is 0 Å². The fraction of sp³-hybridized carbons (Fsp3) is 0.381. The lowest BCUT2D eigenvalue weighted by Gasteiger charge is -2.19. The van der Waals surface area contributed by atoms with E-state index in [1.165, 1.54) is 0 Å². The maximum absolute atomic E-state index is 11.8. The Hall–Kier alpha value is -1.29. The van der Waals surface area contributed by atoms with Gasteiger partial charge in [-0.1, -0.05) is 0 Å². The number of nitrogens with two attached hydrogens (primary N) is 1. The Balaban J connectivity index is 2.11. The molecule has 0 heterocycles. The lowest BCUT2D eigenvalue weighted by molar-refractivity contribution is 0.0528. The summed E-state index contributed by atoms with van der Waals surface area (Å²) in [4.78, 5) is 11.8. The van der Waals surface area contributed by atoms with Crippen molar-refractivity contribution in [1.82, 2.24) is 5.32 Å². The Morgan fingerprint density at radius 2 is 1.60 bits per heavy atom. The number of carbonyl (C=O) groups excluding carboxylic acids is 1. The van der Waals surface area contributed by atoms with Crippen LogP contribution in [0.3, 0.4) is 0 Å². The summed E-state index contributed by atoms with van der Waals surface area (Å²) in [5.74, 6) is 0.875. The summed E-state index contributed by atoms with van der Waals surface area (Å²) in [5.41, 5.74) is 7.05. The number of halogens is 3. The lowest BCUT2D eigenvalue weighted by Crippen LogP contribution is -2.33. The highest BCUT2D eigenvalue weighted by Crippen LogP contribution is 2.43. The molecule has 1 amide bonds. The molecule has 0 aliphatic heterocycles. The molecule has 2 aromatic carbocycles. The van der Waals surface area contributed by atoms with Gasteiger partial charge in [0.1, 0.15) is 5.60 Å². The van der Waals surface area contributed by atoms with Gasteiger partial charge in [-0.3, -0.25) is 0 Å². The molecule has 0 fully saturated rings. The number of alkyl carbamates (subject to hydrolysis) is 1. The first-order valence-corrected chi connectivity index (χ1v) is 11.7. The summed E-state index contributed by atoms with van der Waals surface area (Å²) in [6.07, 6.45) is 0.833. The first-order valence-electron chi connectivity index (χ1n) is 9.34. The van der Waals surface area contributed by atoms with Gasteiger partial charge in [0, 0.05) is 6.54 Å². The molecule has 0 unspecified atom stereocenters. The predicted octanol–water partition coefficient (Wildman–Crippen LogP) is 6.04. The first-order chi connectivity index (χ1) is 14.0. The standard InChI is InChI=1S/C21H25Br3N2O4/c1-21(2,3)30-20(28)26-7-5-13-9-15(23)19(16(24)10-13)29-17-11-12(4-6-25)8-14(22)18(17)27/h8-11,27H,4-7,25H2,1-3H3,(H,26,28). The van der Waals surface area contributed by atoms with Crippen LogP contribution in [0.4, 0.5) is 4.79 Å². The molecule has 0 bridgehead atoms. The monoisotopic (exact) mass is 606 g/mol. The van der Waals surface area contributed by atoms with Gasteiger partial charge in [0.05, 0.1) is 13.4 Å². The van der Waals surface area contributed by atoms with Gasteiger partial charge < -0.3 is 25.6 Å². The molecular weight excluding hydrogens is 584 g/mol. The zero-order chi connectivity index (χ0) is 22.5. The Labute approximate surface area is 201 Å². The van der Waals surface area contributed by atoms with Crippen molar-refractivity contribution < 1.29 is 19.4 Å². The maximum atomic E-state index is 11.8. The van der Waals surface area contributed by atoms with E-state index in [1.54, 1.807) is 6.07 Å². The van der Waals surface area contributed by atoms with Crippen LogP contribution in [-0.2, 0) is 17.6 Å². The van der Waals surface area contributed by atoms with Gasteiger partial charge in [0.2, 0.25) is 0 Å². The SMILES string of the molecule is CC(C)(C)OC(=O)NCCc1cc(Br)c(Oc2cc(CCN)cc(Br)c2O)c(Br)c1. The molecule has 0 aliphatic rings. The van der Waals surface area contributed by atoms with Gasteiger partial charge in [0.15, 0.2) is 17.2 Å². The van der Waals surface area contributed by atoms with Gasteiger partial charge in [-0.2, -0.15) is 0 Å². The highest BCUT2D eigenvalue weighted by atomic mass is 79.9. The van der Waals surface area contributed by atoms with E-state index in [-0.39, 0.29) is 5.75 Å². The van der Waals surface area contributed by atoms with Crippen LogP contribution in [0.25, 0.3) is 0 Å².